The standard InChI is InChI=1S/C15H24IN3O3/c1-15(2,3)22-14(20)19-6-4-12(5-7-19)21-9-8-18-10-13(16)17-11-18/h10-12H,4-9H2,1-3H3. The summed E-state index contributed by atoms with van der Waals surface area (Å²) in [5.41, 5.74) is -0.438. The molecule has 7 heteroatoms. The Morgan fingerprint density at radius 1 is 1.41 bits per heavy atom. The number of rotatable bonds is 4. The summed E-state index contributed by atoms with van der Waals surface area (Å²) < 4.78 is 14.3. The minimum Gasteiger partial charge on any atom is -0.444 e. The highest BCUT2D eigenvalue weighted by Gasteiger charge is 2.27. The van der Waals surface area contributed by atoms with Crippen LogP contribution in [0.1, 0.15) is 33.6 Å². The second-order valence-corrected chi connectivity index (χ2v) is 7.58. The van der Waals surface area contributed by atoms with Crippen molar-refractivity contribution < 1.29 is 14.3 Å². The van der Waals surface area contributed by atoms with Gasteiger partial charge in [-0.05, 0) is 56.2 Å². The molecule has 2 rings (SSSR count). The van der Waals surface area contributed by atoms with E-state index in [1.54, 1.807) is 4.90 Å². The highest BCUT2D eigenvalue weighted by atomic mass is 127. The maximum atomic E-state index is 12.0. The first-order valence-electron chi connectivity index (χ1n) is 7.60. The molecule has 0 unspecified atom stereocenters. The van der Waals surface area contributed by atoms with E-state index in [2.05, 4.69) is 27.6 Å². The number of nitrogens with zero attached hydrogens (tertiary/aromatic N) is 3. The lowest BCUT2D eigenvalue weighted by atomic mass is 10.1. The van der Waals surface area contributed by atoms with E-state index in [0.29, 0.717) is 19.7 Å². The van der Waals surface area contributed by atoms with E-state index in [9.17, 15) is 4.79 Å². The lowest BCUT2D eigenvalue weighted by Crippen LogP contribution is -2.43. The number of piperidine rings is 1. The topological polar surface area (TPSA) is 56.6 Å². The number of carbonyl (C=O) groups excluding carboxylic acids is 1. The first kappa shape index (κ1) is 17.5. The Balaban J connectivity index is 1.65. The van der Waals surface area contributed by atoms with Gasteiger partial charge >= 0.3 is 6.09 Å². The van der Waals surface area contributed by atoms with Crippen molar-refractivity contribution in [2.45, 2.75) is 51.9 Å². The molecular weight excluding hydrogens is 397 g/mol. The molecule has 1 aromatic heterocycles. The number of likely N-dealkylation sites (tertiary alicyclic amines) is 1. The van der Waals surface area contributed by atoms with E-state index >= 15 is 0 Å². The summed E-state index contributed by atoms with van der Waals surface area (Å²) in [5, 5.41) is 0. The van der Waals surface area contributed by atoms with Crippen molar-refractivity contribution in [3.8, 4) is 0 Å². The van der Waals surface area contributed by atoms with Gasteiger partial charge in [-0.3, -0.25) is 0 Å². The second kappa shape index (κ2) is 7.63. The predicted octanol–water partition coefficient (Wildman–Crippen LogP) is 2.90. The van der Waals surface area contributed by atoms with Gasteiger partial charge in [0.25, 0.3) is 0 Å². The molecule has 6 nitrogen and oxygen atoms in total. The normalized spacial score (nSPS) is 16.8. The van der Waals surface area contributed by atoms with Crippen molar-refractivity contribution in [2.75, 3.05) is 19.7 Å². The number of carbonyl (C=O) groups is 1. The van der Waals surface area contributed by atoms with Crippen LogP contribution in [-0.4, -0.2) is 51.9 Å². The van der Waals surface area contributed by atoms with Gasteiger partial charge in [0.1, 0.15) is 9.30 Å². The van der Waals surface area contributed by atoms with Gasteiger partial charge < -0.3 is 18.9 Å². The number of imidazole rings is 1. The van der Waals surface area contributed by atoms with Gasteiger partial charge in [0.2, 0.25) is 0 Å². The molecule has 0 saturated carbocycles. The van der Waals surface area contributed by atoms with E-state index in [0.717, 1.165) is 23.1 Å². The molecule has 0 aliphatic carbocycles. The summed E-state index contributed by atoms with van der Waals surface area (Å²) in [6.07, 6.45) is 5.53. The van der Waals surface area contributed by atoms with Crippen molar-refractivity contribution in [3.05, 3.63) is 16.2 Å². The molecule has 0 radical (unpaired) electrons. The van der Waals surface area contributed by atoms with Crippen molar-refractivity contribution in [1.82, 2.24) is 14.5 Å². The highest BCUT2D eigenvalue weighted by Crippen LogP contribution is 2.17. The van der Waals surface area contributed by atoms with Crippen LogP contribution >= 0.6 is 22.6 Å². The molecule has 1 aliphatic heterocycles. The molecular formula is C15H24IN3O3. The molecule has 1 fully saturated rings. The minimum atomic E-state index is -0.438. The first-order chi connectivity index (χ1) is 10.3. The first-order valence-corrected chi connectivity index (χ1v) is 8.68. The average Bonchev–Trinajstić information content (AvgIpc) is 2.83. The third-order valence-electron chi connectivity index (χ3n) is 3.40. The Morgan fingerprint density at radius 2 is 2.09 bits per heavy atom. The van der Waals surface area contributed by atoms with Crippen LogP contribution in [0, 0.1) is 3.70 Å². The Kier molecular flexibility index (Phi) is 6.08. The van der Waals surface area contributed by atoms with E-state index in [1.165, 1.54) is 0 Å². The van der Waals surface area contributed by atoms with Gasteiger partial charge in [0, 0.05) is 25.8 Å². The minimum absolute atomic E-state index is 0.223. The average molecular weight is 421 g/mol. The van der Waals surface area contributed by atoms with Crippen molar-refractivity contribution in [2.24, 2.45) is 0 Å². The largest absolute Gasteiger partial charge is 0.444 e. The van der Waals surface area contributed by atoms with Crippen LogP contribution in [0.15, 0.2) is 12.5 Å². The molecule has 22 heavy (non-hydrogen) atoms. The molecule has 0 spiro atoms. The molecule has 1 aliphatic rings. The lowest BCUT2D eigenvalue weighted by molar-refractivity contribution is -0.0130. The summed E-state index contributed by atoms with van der Waals surface area (Å²) in [5.74, 6) is 0. The quantitative estimate of drug-likeness (QED) is 0.702. The summed E-state index contributed by atoms with van der Waals surface area (Å²) >= 11 is 2.19. The zero-order valence-electron chi connectivity index (χ0n) is 13.4. The number of amides is 1. The van der Waals surface area contributed by atoms with Crippen LogP contribution < -0.4 is 0 Å². The van der Waals surface area contributed by atoms with Crippen molar-refractivity contribution in [3.63, 3.8) is 0 Å². The highest BCUT2D eigenvalue weighted by molar-refractivity contribution is 14.1. The van der Waals surface area contributed by atoms with Crippen LogP contribution in [0.2, 0.25) is 0 Å². The summed E-state index contributed by atoms with van der Waals surface area (Å²) in [6, 6.07) is 0. The maximum Gasteiger partial charge on any atom is 0.410 e. The molecule has 0 N–H and O–H groups in total. The van der Waals surface area contributed by atoms with Crippen LogP contribution in [-0.2, 0) is 16.0 Å². The second-order valence-electron chi connectivity index (χ2n) is 6.47. The molecule has 2 heterocycles. The Morgan fingerprint density at radius 3 is 2.64 bits per heavy atom. The fourth-order valence-electron chi connectivity index (χ4n) is 2.31. The van der Waals surface area contributed by atoms with E-state index < -0.39 is 5.60 Å². The van der Waals surface area contributed by atoms with Crippen LogP contribution in [0.5, 0.6) is 0 Å². The third kappa shape index (κ3) is 5.75. The smallest absolute Gasteiger partial charge is 0.410 e. The monoisotopic (exact) mass is 421 g/mol. The van der Waals surface area contributed by atoms with Crippen LogP contribution in [0.25, 0.3) is 0 Å². The third-order valence-corrected chi connectivity index (χ3v) is 3.96. The van der Waals surface area contributed by atoms with Gasteiger partial charge in [-0.2, -0.15) is 0 Å². The van der Waals surface area contributed by atoms with Crippen molar-refractivity contribution in [1.29, 1.82) is 0 Å². The number of hydrogen-bond donors (Lipinski definition) is 0. The summed E-state index contributed by atoms with van der Waals surface area (Å²) in [4.78, 5) is 17.9. The number of aromatic nitrogens is 2. The van der Waals surface area contributed by atoms with E-state index in [1.807, 2.05) is 37.9 Å². The number of ether oxygens (including phenoxy) is 2. The van der Waals surface area contributed by atoms with Gasteiger partial charge in [-0.15, -0.1) is 0 Å². The molecule has 1 saturated heterocycles. The SMILES string of the molecule is CC(C)(C)OC(=O)N1CCC(OCCn2cnc(I)c2)CC1. The number of halogens is 1. The lowest BCUT2D eigenvalue weighted by Gasteiger charge is -2.33. The Labute approximate surface area is 145 Å². The number of hydrogen-bond acceptors (Lipinski definition) is 4. The molecule has 0 aromatic carbocycles. The Hall–Kier alpha value is -0.830. The maximum absolute atomic E-state index is 12.0. The molecule has 0 atom stereocenters. The molecule has 0 bridgehead atoms. The fourth-order valence-corrected chi connectivity index (χ4v) is 2.79. The summed E-state index contributed by atoms with van der Waals surface area (Å²) in [7, 11) is 0. The van der Waals surface area contributed by atoms with Gasteiger partial charge in [-0.25, -0.2) is 9.78 Å². The zero-order chi connectivity index (χ0) is 16.2. The predicted molar refractivity (Wildman–Crippen MR) is 91.7 cm³/mol. The van der Waals surface area contributed by atoms with Crippen molar-refractivity contribution >= 4 is 28.7 Å². The molecule has 1 amide bonds. The summed E-state index contributed by atoms with van der Waals surface area (Å²) in [6.45, 7) is 8.53. The van der Waals surface area contributed by atoms with Crippen LogP contribution in [0.3, 0.4) is 0 Å². The van der Waals surface area contributed by atoms with Crippen LogP contribution in [0.4, 0.5) is 4.79 Å². The van der Waals surface area contributed by atoms with Gasteiger partial charge in [0.05, 0.1) is 19.0 Å². The molecule has 1 aromatic rings. The molecule has 124 valence electrons. The Bertz CT molecular complexity index is 490. The fraction of sp³-hybridized carbons (Fsp3) is 0.733. The zero-order valence-corrected chi connectivity index (χ0v) is 15.6. The van der Waals surface area contributed by atoms with Gasteiger partial charge in [-0.1, -0.05) is 0 Å². The van der Waals surface area contributed by atoms with E-state index in [-0.39, 0.29) is 12.2 Å². The van der Waals surface area contributed by atoms with Gasteiger partial charge in [0.15, 0.2) is 0 Å². The van der Waals surface area contributed by atoms with E-state index in [4.69, 9.17) is 9.47 Å².